The Morgan fingerprint density at radius 3 is 2.57 bits per heavy atom. The van der Waals surface area contributed by atoms with E-state index in [2.05, 4.69) is 5.32 Å². The maximum Gasteiger partial charge on any atom is 0.250 e. The highest BCUT2D eigenvalue weighted by Gasteiger charge is 2.04. The number of nitrogens with zero attached hydrogens (tertiary/aromatic N) is 1. The van der Waals surface area contributed by atoms with Gasteiger partial charge in [0, 0.05) is 29.7 Å². The summed E-state index contributed by atoms with van der Waals surface area (Å²) in [4.78, 5) is 24.9. The van der Waals surface area contributed by atoms with Crippen LogP contribution < -0.4 is 10.9 Å². The highest BCUT2D eigenvalue weighted by atomic mass is 32.2. The quantitative estimate of drug-likeness (QED) is 0.627. The highest BCUT2D eigenvalue weighted by molar-refractivity contribution is 7.98. The van der Waals surface area contributed by atoms with E-state index in [1.54, 1.807) is 28.5 Å². The Morgan fingerprint density at radius 1 is 1.17 bits per heavy atom. The molecule has 0 radical (unpaired) electrons. The molecule has 1 N–H and O–H groups in total. The number of hydrogen-bond donors (Lipinski definition) is 1. The van der Waals surface area contributed by atoms with Gasteiger partial charge in [0.05, 0.1) is 6.42 Å². The van der Waals surface area contributed by atoms with Gasteiger partial charge in [0.15, 0.2) is 0 Å². The van der Waals surface area contributed by atoms with Crippen LogP contribution in [0, 0.1) is 6.92 Å². The molecule has 1 heterocycles. The van der Waals surface area contributed by atoms with Crippen LogP contribution in [0.15, 0.2) is 52.2 Å². The van der Waals surface area contributed by atoms with Crippen LogP contribution in [0.4, 0.5) is 0 Å². The number of pyridine rings is 1. The summed E-state index contributed by atoms with van der Waals surface area (Å²) in [5.74, 6) is 0.0130. The molecule has 5 heteroatoms. The van der Waals surface area contributed by atoms with Crippen molar-refractivity contribution in [1.82, 2.24) is 9.88 Å². The Balaban J connectivity index is 1.75. The molecule has 0 bridgehead atoms. The second-order valence-corrected chi connectivity index (χ2v) is 6.27. The summed E-state index contributed by atoms with van der Waals surface area (Å²) < 4.78 is 1.73. The number of amides is 1. The summed E-state index contributed by atoms with van der Waals surface area (Å²) in [5, 5.41) is 2.91. The molecule has 122 valence electrons. The van der Waals surface area contributed by atoms with E-state index in [0.29, 0.717) is 19.5 Å². The summed E-state index contributed by atoms with van der Waals surface area (Å²) in [6.45, 7) is 3.11. The smallest absolute Gasteiger partial charge is 0.250 e. The molecular formula is C18H22N2O2S. The number of hydrogen-bond acceptors (Lipinski definition) is 3. The van der Waals surface area contributed by atoms with E-state index < -0.39 is 0 Å². The van der Waals surface area contributed by atoms with Gasteiger partial charge in [0.1, 0.15) is 0 Å². The van der Waals surface area contributed by atoms with Crippen molar-refractivity contribution in [2.45, 2.75) is 31.2 Å². The van der Waals surface area contributed by atoms with Gasteiger partial charge in [-0.1, -0.05) is 18.2 Å². The second-order valence-electron chi connectivity index (χ2n) is 5.39. The van der Waals surface area contributed by atoms with Crippen molar-refractivity contribution in [2.75, 3.05) is 12.8 Å². The van der Waals surface area contributed by atoms with Gasteiger partial charge in [-0.3, -0.25) is 9.59 Å². The van der Waals surface area contributed by atoms with Crippen molar-refractivity contribution in [3.63, 3.8) is 0 Å². The standard InChI is InChI=1S/C18H22N2O2S/c1-14-5-3-6-18(22)20(14)12-4-11-19-17(21)13-15-7-9-16(23-2)10-8-15/h3,5-10H,4,11-13H2,1-2H3,(H,19,21). The van der Waals surface area contributed by atoms with Gasteiger partial charge < -0.3 is 9.88 Å². The molecule has 0 aliphatic carbocycles. The van der Waals surface area contributed by atoms with Crippen molar-refractivity contribution in [1.29, 1.82) is 0 Å². The van der Waals surface area contributed by atoms with E-state index >= 15 is 0 Å². The lowest BCUT2D eigenvalue weighted by Crippen LogP contribution is -2.28. The lowest BCUT2D eigenvalue weighted by atomic mass is 10.1. The molecule has 0 fully saturated rings. The SMILES string of the molecule is CSc1ccc(CC(=O)NCCCn2c(C)cccc2=O)cc1. The van der Waals surface area contributed by atoms with Crippen molar-refractivity contribution in [2.24, 2.45) is 0 Å². The average molecular weight is 330 g/mol. The van der Waals surface area contributed by atoms with Gasteiger partial charge in [0.2, 0.25) is 5.91 Å². The van der Waals surface area contributed by atoms with Crippen LogP contribution in [-0.2, 0) is 17.8 Å². The normalized spacial score (nSPS) is 10.5. The zero-order valence-electron chi connectivity index (χ0n) is 13.5. The number of carbonyl (C=O) groups excluding carboxylic acids is 1. The number of benzene rings is 1. The molecule has 2 aromatic rings. The Hall–Kier alpha value is -2.01. The summed E-state index contributed by atoms with van der Waals surface area (Å²) in [7, 11) is 0. The molecule has 1 aromatic carbocycles. The molecule has 0 aliphatic heterocycles. The van der Waals surface area contributed by atoms with Crippen molar-refractivity contribution in [3.8, 4) is 0 Å². The summed E-state index contributed by atoms with van der Waals surface area (Å²) in [6.07, 6.45) is 3.16. The van der Waals surface area contributed by atoms with Crippen LogP contribution in [-0.4, -0.2) is 23.3 Å². The highest BCUT2D eigenvalue weighted by Crippen LogP contribution is 2.14. The zero-order valence-corrected chi connectivity index (χ0v) is 14.4. The fourth-order valence-electron chi connectivity index (χ4n) is 2.37. The first-order valence-corrected chi connectivity index (χ1v) is 8.88. The third-order valence-corrected chi connectivity index (χ3v) is 4.42. The molecule has 1 aromatic heterocycles. The molecular weight excluding hydrogens is 308 g/mol. The van der Waals surface area contributed by atoms with Crippen LogP contribution in [0.2, 0.25) is 0 Å². The summed E-state index contributed by atoms with van der Waals surface area (Å²) in [6, 6.07) is 13.3. The molecule has 0 saturated heterocycles. The largest absolute Gasteiger partial charge is 0.356 e. The number of rotatable bonds is 7. The summed E-state index contributed by atoms with van der Waals surface area (Å²) >= 11 is 1.69. The fourth-order valence-corrected chi connectivity index (χ4v) is 2.77. The molecule has 1 amide bonds. The first-order valence-electron chi connectivity index (χ1n) is 7.66. The van der Waals surface area contributed by atoms with E-state index in [9.17, 15) is 9.59 Å². The predicted molar refractivity (Wildman–Crippen MR) is 95.0 cm³/mol. The van der Waals surface area contributed by atoms with Crippen molar-refractivity contribution in [3.05, 3.63) is 64.1 Å². The number of thioether (sulfide) groups is 1. The topological polar surface area (TPSA) is 51.1 Å². The van der Waals surface area contributed by atoms with E-state index in [4.69, 9.17) is 0 Å². The minimum absolute atomic E-state index is 0.00482. The van der Waals surface area contributed by atoms with Crippen molar-refractivity contribution < 1.29 is 4.79 Å². The maximum atomic E-state index is 11.9. The Morgan fingerprint density at radius 2 is 1.91 bits per heavy atom. The number of aromatic nitrogens is 1. The predicted octanol–water partition coefficient (Wildman–Crippen LogP) is 2.63. The van der Waals surface area contributed by atoms with E-state index in [0.717, 1.165) is 17.7 Å². The number of nitrogens with one attached hydrogen (secondary N) is 1. The Kier molecular flexibility index (Phi) is 6.47. The van der Waals surface area contributed by atoms with Crippen LogP contribution in [0.5, 0.6) is 0 Å². The third-order valence-electron chi connectivity index (χ3n) is 3.67. The number of carbonyl (C=O) groups is 1. The van der Waals surface area contributed by atoms with Gasteiger partial charge >= 0.3 is 0 Å². The lowest BCUT2D eigenvalue weighted by molar-refractivity contribution is -0.120. The monoisotopic (exact) mass is 330 g/mol. The van der Waals surface area contributed by atoms with E-state index in [1.807, 2.05) is 43.5 Å². The minimum Gasteiger partial charge on any atom is -0.356 e. The Labute approximate surface area is 140 Å². The van der Waals surface area contributed by atoms with Crippen LogP contribution in [0.3, 0.4) is 0 Å². The average Bonchev–Trinajstić information content (AvgIpc) is 2.54. The van der Waals surface area contributed by atoms with E-state index in [1.165, 1.54) is 4.90 Å². The first-order chi connectivity index (χ1) is 11.1. The number of aryl methyl sites for hydroxylation is 1. The molecule has 0 saturated carbocycles. The van der Waals surface area contributed by atoms with Crippen LogP contribution in [0.1, 0.15) is 17.7 Å². The van der Waals surface area contributed by atoms with Crippen LogP contribution >= 0.6 is 11.8 Å². The zero-order chi connectivity index (χ0) is 16.7. The second kappa shape index (κ2) is 8.58. The van der Waals surface area contributed by atoms with Gasteiger partial charge in [-0.05, 0) is 43.4 Å². The Bertz CT molecular complexity index is 708. The van der Waals surface area contributed by atoms with Gasteiger partial charge in [-0.15, -0.1) is 11.8 Å². The third kappa shape index (κ3) is 5.28. The van der Waals surface area contributed by atoms with Crippen molar-refractivity contribution >= 4 is 17.7 Å². The van der Waals surface area contributed by atoms with Gasteiger partial charge in [0.25, 0.3) is 5.56 Å². The molecule has 0 unspecified atom stereocenters. The maximum absolute atomic E-state index is 11.9. The summed E-state index contributed by atoms with van der Waals surface area (Å²) in [5.41, 5.74) is 1.96. The fraction of sp³-hybridized carbons (Fsp3) is 0.333. The first kappa shape index (κ1) is 17.3. The van der Waals surface area contributed by atoms with E-state index in [-0.39, 0.29) is 11.5 Å². The lowest BCUT2D eigenvalue weighted by Gasteiger charge is -2.10. The molecule has 23 heavy (non-hydrogen) atoms. The molecule has 4 nitrogen and oxygen atoms in total. The van der Waals surface area contributed by atoms with Crippen LogP contribution in [0.25, 0.3) is 0 Å². The molecule has 0 aliphatic rings. The van der Waals surface area contributed by atoms with Gasteiger partial charge in [-0.25, -0.2) is 0 Å². The minimum atomic E-state index is 0.00482. The van der Waals surface area contributed by atoms with Gasteiger partial charge in [-0.2, -0.15) is 0 Å². The molecule has 0 spiro atoms. The molecule has 0 atom stereocenters. The molecule has 2 rings (SSSR count).